The second kappa shape index (κ2) is 12.8. The van der Waals surface area contributed by atoms with Crippen molar-refractivity contribution in [1.29, 1.82) is 0 Å². The SMILES string of the molecule is c1ccc(-c2ccc3c(c2)cc(-c2cccc(C4N=C(c5ccc6ccccc6c5)NC(c5ccc6ccccc6c5)N4)c2)c2c4ccccc4oc32)cc1. The fourth-order valence-electron chi connectivity index (χ4n) is 8.31. The van der Waals surface area contributed by atoms with E-state index in [4.69, 9.17) is 9.41 Å². The number of aliphatic imine (C=N–C) groups is 1. The number of nitrogens with one attached hydrogen (secondary N) is 2. The Morgan fingerprint density at radius 1 is 0.436 bits per heavy atom. The molecule has 2 unspecified atom stereocenters. The second-order valence-corrected chi connectivity index (χ2v) is 14.4. The van der Waals surface area contributed by atoms with E-state index >= 15 is 0 Å². The number of furan rings is 1. The molecular weight excluding hydrogens is 671 g/mol. The standard InChI is InChI=1S/C51H35N3O/c1-2-11-32(12-3-1)37-25-26-43-42(29-37)31-45(47-44-19-8-9-20-46(44)55-48(43)47)38-17-10-18-39(30-38)49-52-50(40-23-21-33-13-4-6-15-35(33)27-40)54-51(53-49)41-24-22-34-14-5-7-16-36(34)28-41/h1-31,49-50,52H,(H,53,54). The first-order chi connectivity index (χ1) is 27.2. The summed E-state index contributed by atoms with van der Waals surface area (Å²) in [6.07, 6.45) is -0.473. The zero-order chi connectivity index (χ0) is 36.3. The fraction of sp³-hybridized carbons (Fsp3) is 0.0392. The van der Waals surface area contributed by atoms with Gasteiger partial charge in [-0.2, -0.15) is 0 Å². The largest absolute Gasteiger partial charge is 0.455 e. The van der Waals surface area contributed by atoms with Crippen LogP contribution in [0.15, 0.2) is 197 Å². The van der Waals surface area contributed by atoms with Crippen molar-refractivity contribution in [3.05, 3.63) is 205 Å². The van der Waals surface area contributed by atoms with Crippen molar-refractivity contribution in [1.82, 2.24) is 10.6 Å². The highest BCUT2D eigenvalue weighted by atomic mass is 16.3. The van der Waals surface area contributed by atoms with Gasteiger partial charge in [0, 0.05) is 21.7 Å². The molecule has 2 atom stereocenters. The Morgan fingerprint density at radius 3 is 1.98 bits per heavy atom. The third-order valence-electron chi connectivity index (χ3n) is 11.1. The van der Waals surface area contributed by atoms with Gasteiger partial charge >= 0.3 is 0 Å². The van der Waals surface area contributed by atoms with Crippen LogP contribution in [0.3, 0.4) is 0 Å². The average Bonchev–Trinajstić information content (AvgIpc) is 3.66. The zero-order valence-electron chi connectivity index (χ0n) is 29.9. The van der Waals surface area contributed by atoms with E-state index in [2.05, 4.69) is 193 Å². The molecule has 0 saturated heterocycles. The molecule has 0 aliphatic carbocycles. The first kappa shape index (κ1) is 31.5. The molecule has 4 heteroatoms. The molecule has 4 nitrogen and oxygen atoms in total. The summed E-state index contributed by atoms with van der Waals surface area (Å²) in [5, 5.41) is 16.9. The quantitative estimate of drug-likeness (QED) is 0.187. The monoisotopic (exact) mass is 705 g/mol. The lowest BCUT2D eigenvalue weighted by molar-refractivity contribution is 0.409. The van der Waals surface area contributed by atoms with Crippen molar-refractivity contribution in [2.45, 2.75) is 12.3 Å². The molecule has 55 heavy (non-hydrogen) atoms. The molecule has 0 bridgehead atoms. The molecule has 0 saturated carbocycles. The van der Waals surface area contributed by atoms with Gasteiger partial charge in [-0.25, -0.2) is 4.99 Å². The predicted octanol–water partition coefficient (Wildman–Crippen LogP) is 12.7. The maximum Gasteiger partial charge on any atom is 0.143 e. The molecule has 0 radical (unpaired) electrons. The number of rotatable bonds is 5. The number of amidine groups is 1. The summed E-state index contributed by atoms with van der Waals surface area (Å²) in [6, 6.07) is 67.1. The first-order valence-electron chi connectivity index (χ1n) is 18.8. The van der Waals surface area contributed by atoms with Crippen LogP contribution in [0.4, 0.5) is 0 Å². The van der Waals surface area contributed by atoms with Gasteiger partial charge in [0.25, 0.3) is 0 Å². The van der Waals surface area contributed by atoms with Gasteiger partial charge in [-0.05, 0) is 103 Å². The number of hydrogen-bond donors (Lipinski definition) is 2. The highest BCUT2D eigenvalue weighted by molar-refractivity contribution is 6.21. The van der Waals surface area contributed by atoms with Crippen LogP contribution in [-0.2, 0) is 0 Å². The molecule has 1 aromatic heterocycles. The smallest absolute Gasteiger partial charge is 0.143 e. The van der Waals surface area contributed by atoms with Gasteiger partial charge in [0.2, 0.25) is 0 Å². The third-order valence-corrected chi connectivity index (χ3v) is 11.1. The van der Waals surface area contributed by atoms with Crippen molar-refractivity contribution in [3.8, 4) is 22.3 Å². The number of benzene rings is 9. The molecule has 260 valence electrons. The third kappa shape index (κ3) is 5.54. The lowest BCUT2D eigenvalue weighted by atomic mass is 9.92. The summed E-state index contributed by atoms with van der Waals surface area (Å²) < 4.78 is 6.66. The van der Waals surface area contributed by atoms with Crippen LogP contribution in [0.25, 0.3) is 76.5 Å². The molecule has 11 rings (SSSR count). The number of nitrogens with zero attached hydrogens (tertiary/aromatic N) is 1. The Morgan fingerprint density at radius 2 is 1.13 bits per heavy atom. The average molecular weight is 706 g/mol. The van der Waals surface area contributed by atoms with E-state index in [0.29, 0.717) is 0 Å². The Bertz CT molecular complexity index is 3120. The van der Waals surface area contributed by atoms with Crippen LogP contribution in [0, 0.1) is 0 Å². The fourth-order valence-corrected chi connectivity index (χ4v) is 8.31. The van der Waals surface area contributed by atoms with E-state index in [1.165, 1.54) is 32.7 Å². The van der Waals surface area contributed by atoms with Crippen LogP contribution in [0.2, 0.25) is 0 Å². The van der Waals surface area contributed by atoms with E-state index in [1.54, 1.807) is 0 Å². The van der Waals surface area contributed by atoms with Crippen molar-refractivity contribution in [2.75, 3.05) is 0 Å². The molecule has 1 aliphatic rings. The van der Waals surface area contributed by atoms with Gasteiger partial charge < -0.3 is 9.73 Å². The lowest BCUT2D eigenvalue weighted by Gasteiger charge is -2.32. The molecular formula is C51H35N3O. The van der Waals surface area contributed by atoms with Crippen molar-refractivity contribution in [3.63, 3.8) is 0 Å². The van der Waals surface area contributed by atoms with Crippen LogP contribution in [0.1, 0.15) is 29.0 Å². The lowest BCUT2D eigenvalue weighted by Crippen LogP contribution is -2.44. The molecule has 9 aromatic carbocycles. The minimum Gasteiger partial charge on any atom is -0.455 e. The van der Waals surface area contributed by atoms with E-state index in [-0.39, 0.29) is 12.3 Å². The molecule has 1 aliphatic heterocycles. The van der Waals surface area contributed by atoms with E-state index < -0.39 is 0 Å². The van der Waals surface area contributed by atoms with Gasteiger partial charge in [0.15, 0.2) is 0 Å². The van der Waals surface area contributed by atoms with E-state index in [0.717, 1.165) is 66.4 Å². The number of hydrogen-bond acceptors (Lipinski definition) is 4. The van der Waals surface area contributed by atoms with Gasteiger partial charge in [0.05, 0.1) is 0 Å². The predicted molar refractivity (Wildman–Crippen MR) is 228 cm³/mol. The summed E-state index contributed by atoms with van der Waals surface area (Å²) in [5.74, 6) is 0.862. The molecule has 2 N–H and O–H groups in total. The molecule has 0 fully saturated rings. The van der Waals surface area contributed by atoms with Gasteiger partial charge in [-0.15, -0.1) is 0 Å². The Balaban J connectivity index is 1.07. The molecule has 0 amide bonds. The Hall–Kier alpha value is -7.01. The van der Waals surface area contributed by atoms with Gasteiger partial charge in [-0.1, -0.05) is 146 Å². The minimum absolute atomic E-state index is 0.168. The number of para-hydroxylation sites is 1. The maximum atomic E-state index is 6.66. The van der Waals surface area contributed by atoms with Gasteiger partial charge in [-0.3, -0.25) is 5.32 Å². The van der Waals surface area contributed by atoms with Crippen LogP contribution in [0.5, 0.6) is 0 Å². The summed E-state index contributed by atoms with van der Waals surface area (Å²) in [7, 11) is 0. The second-order valence-electron chi connectivity index (χ2n) is 14.4. The molecule has 2 heterocycles. The van der Waals surface area contributed by atoms with Crippen LogP contribution < -0.4 is 10.6 Å². The summed E-state index contributed by atoms with van der Waals surface area (Å²) in [6.45, 7) is 0. The highest BCUT2D eigenvalue weighted by Crippen LogP contribution is 2.43. The zero-order valence-corrected chi connectivity index (χ0v) is 29.9. The Kier molecular flexibility index (Phi) is 7.35. The van der Waals surface area contributed by atoms with E-state index in [1.807, 2.05) is 6.07 Å². The first-order valence-corrected chi connectivity index (χ1v) is 18.8. The van der Waals surface area contributed by atoms with Crippen molar-refractivity contribution in [2.24, 2.45) is 4.99 Å². The van der Waals surface area contributed by atoms with Crippen molar-refractivity contribution < 1.29 is 4.42 Å². The summed E-state index contributed by atoms with van der Waals surface area (Å²) >= 11 is 0. The highest BCUT2D eigenvalue weighted by Gasteiger charge is 2.26. The number of fused-ring (bicyclic) bond motifs is 7. The maximum absolute atomic E-state index is 6.66. The van der Waals surface area contributed by atoms with E-state index in [9.17, 15) is 0 Å². The molecule has 10 aromatic rings. The van der Waals surface area contributed by atoms with Crippen molar-refractivity contribution >= 4 is 60.1 Å². The summed E-state index contributed by atoms with van der Waals surface area (Å²) in [5.41, 5.74) is 9.72. The summed E-state index contributed by atoms with van der Waals surface area (Å²) in [4.78, 5) is 5.38. The normalized spacial score (nSPS) is 15.8. The van der Waals surface area contributed by atoms with Crippen LogP contribution in [-0.4, -0.2) is 5.84 Å². The Labute approximate surface area is 318 Å². The van der Waals surface area contributed by atoms with Gasteiger partial charge in [0.1, 0.15) is 29.3 Å². The van der Waals surface area contributed by atoms with Crippen LogP contribution >= 0.6 is 0 Å². The minimum atomic E-state index is -0.305. The molecule has 0 spiro atoms. The topological polar surface area (TPSA) is 49.6 Å².